The molecule has 150 valence electrons. The van der Waals surface area contributed by atoms with Gasteiger partial charge in [-0.15, -0.1) is 0 Å². The molecule has 1 aliphatic rings. The molecule has 0 aliphatic carbocycles. The number of morpholine rings is 1. The molecule has 1 saturated heterocycles. The molecule has 3 heterocycles. The number of amides is 1. The van der Waals surface area contributed by atoms with Crippen LogP contribution in [0.5, 0.6) is 0 Å². The van der Waals surface area contributed by atoms with Gasteiger partial charge in [-0.25, -0.2) is 9.02 Å². The van der Waals surface area contributed by atoms with Crippen molar-refractivity contribution in [2.75, 3.05) is 19.7 Å². The van der Waals surface area contributed by atoms with Gasteiger partial charge in [0.1, 0.15) is 23.3 Å². The molecule has 4 rings (SSSR count). The second kappa shape index (κ2) is 8.48. The van der Waals surface area contributed by atoms with Crippen molar-refractivity contribution in [3.05, 3.63) is 76.6 Å². The molecule has 0 spiro atoms. The first-order valence-electron chi connectivity index (χ1n) is 9.46. The highest BCUT2D eigenvalue weighted by Crippen LogP contribution is 2.22. The van der Waals surface area contributed by atoms with E-state index in [-0.39, 0.29) is 24.2 Å². The Balaban J connectivity index is 1.43. The largest absolute Gasteiger partial charge is 0.368 e. The zero-order chi connectivity index (χ0) is 20.2. The van der Waals surface area contributed by atoms with Crippen molar-refractivity contribution in [3.63, 3.8) is 0 Å². The average molecular weight is 396 g/mol. The molecule has 8 heteroatoms. The molecule has 0 bridgehead atoms. The van der Waals surface area contributed by atoms with Crippen LogP contribution in [0.2, 0.25) is 0 Å². The number of pyridine rings is 1. The Morgan fingerprint density at radius 2 is 2.03 bits per heavy atom. The molecule has 0 saturated carbocycles. The van der Waals surface area contributed by atoms with Crippen LogP contribution in [0.1, 0.15) is 34.4 Å². The van der Waals surface area contributed by atoms with E-state index in [1.165, 1.54) is 12.1 Å². The summed E-state index contributed by atoms with van der Waals surface area (Å²) >= 11 is 0. The first-order valence-corrected chi connectivity index (χ1v) is 9.46. The van der Waals surface area contributed by atoms with Gasteiger partial charge < -0.3 is 9.64 Å². The van der Waals surface area contributed by atoms with E-state index in [1.54, 1.807) is 24.0 Å². The fourth-order valence-corrected chi connectivity index (χ4v) is 3.31. The maximum Gasteiger partial charge on any atom is 0.228 e. The number of nitrogens with zero attached hydrogens (tertiary/aromatic N) is 4. The van der Waals surface area contributed by atoms with Crippen LogP contribution < -0.4 is 0 Å². The molecule has 0 N–H and O–H groups in total. The number of hydrogen-bond donors (Lipinski definition) is 0. The number of rotatable bonds is 5. The molecule has 3 aromatic rings. The Labute approximate surface area is 167 Å². The number of aryl methyl sites for hydroxylation is 1. The van der Waals surface area contributed by atoms with Crippen molar-refractivity contribution in [1.82, 2.24) is 20.2 Å². The molecule has 1 aromatic carbocycles. The average Bonchev–Trinajstić information content (AvgIpc) is 3.14. The van der Waals surface area contributed by atoms with Crippen LogP contribution in [0.25, 0.3) is 0 Å². The third-order valence-electron chi connectivity index (χ3n) is 4.94. The quantitative estimate of drug-likeness (QED) is 0.660. The molecule has 2 aromatic heterocycles. The van der Waals surface area contributed by atoms with Gasteiger partial charge in [0.05, 0.1) is 25.3 Å². The summed E-state index contributed by atoms with van der Waals surface area (Å²) < 4.78 is 23.6. The molecule has 0 radical (unpaired) electrons. The Bertz CT molecular complexity index is 990. The summed E-state index contributed by atoms with van der Waals surface area (Å²) in [5.74, 6) is -0.299. The molecule has 1 fully saturated rings. The van der Waals surface area contributed by atoms with Crippen molar-refractivity contribution >= 4 is 5.91 Å². The molecule has 29 heavy (non-hydrogen) atoms. The minimum atomic E-state index is -0.294. The van der Waals surface area contributed by atoms with Crippen molar-refractivity contribution in [2.45, 2.75) is 25.9 Å². The first-order chi connectivity index (χ1) is 14.1. The second-order valence-electron chi connectivity index (χ2n) is 7.03. The summed E-state index contributed by atoms with van der Waals surface area (Å²) in [6.45, 7) is 3.15. The van der Waals surface area contributed by atoms with Gasteiger partial charge in [-0.05, 0) is 36.8 Å². The number of ether oxygens (including phenoxy) is 1. The van der Waals surface area contributed by atoms with E-state index in [4.69, 9.17) is 9.72 Å². The van der Waals surface area contributed by atoms with E-state index in [9.17, 15) is 9.18 Å². The highest BCUT2D eigenvalue weighted by Gasteiger charge is 2.27. The van der Waals surface area contributed by atoms with Gasteiger partial charge in [0, 0.05) is 18.7 Å². The molecule has 1 amide bonds. The van der Waals surface area contributed by atoms with Crippen LogP contribution in [-0.4, -0.2) is 45.8 Å². The van der Waals surface area contributed by atoms with Crippen molar-refractivity contribution in [2.24, 2.45) is 0 Å². The highest BCUT2D eigenvalue weighted by atomic mass is 19.1. The predicted molar refractivity (Wildman–Crippen MR) is 101 cm³/mol. The SMILES string of the molecule is Cc1nonc1CC(=O)N1CCO[C@@H](c2cccc(Cc3ccc(F)cc3)n2)C1. The minimum absolute atomic E-state index is 0.0421. The Kier molecular flexibility index (Phi) is 5.62. The summed E-state index contributed by atoms with van der Waals surface area (Å²) in [5, 5.41) is 7.50. The lowest BCUT2D eigenvalue weighted by atomic mass is 10.1. The summed E-state index contributed by atoms with van der Waals surface area (Å²) in [6, 6.07) is 12.1. The van der Waals surface area contributed by atoms with Crippen molar-refractivity contribution in [3.8, 4) is 0 Å². The number of halogens is 1. The molecule has 0 unspecified atom stereocenters. The van der Waals surface area contributed by atoms with Crippen LogP contribution in [-0.2, 0) is 22.4 Å². The van der Waals surface area contributed by atoms with E-state index in [0.29, 0.717) is 37.5 Å². The van der Waals surface area contributed by atoms with Gasteiger partial charge >= 0.3 is 0 Å². The number of benzene rings is 1. The Morgan fingerprint density at radius 1 is 1.21 bits per heavy atom. The van der Waals surface area contributed by atoms with E-state index in [0.717, 1.165) is 17.0 Å². The fourth-order valence-electron chi connectivity index (χ4n) is 3.31. The molecular formula is C21H21FN4O3. The monoisotopic (exact) mass is 396 g/mol. The molecule has 1 aliphatic heterocycles. The van der Waals surface area contributed by atoms with Gasteiger partial charge in [-0.2, -0.15) is 0 Å². The van der Waals surface area contributed by atoms with Crippen molar-refractivity contribution < 1.29 is 18.6 Å². The van der Waals surface area contributed by atoms with Crippen LogP contribution >= 0.6 is 0 Å². The zero-order valence-corrected chi connectivity index (χ0v) is 16.0. The third-order valence-corrected chi connectivity index (χ3v) is 4.94. The number of carbonyl (C=O) groups excluding carboxylic acids is 1. The van der Waals surface area contributed by atoms with Gasteiger partial charge in [-0.3, -0.25) is 9.78 Å². The maximum atomic E-state index is 13.1. The summed E-state index contributed by atoms with van der Waals surface area (Å²) in [6.07, 6.45) is 0.458. The molecule has 7 nitrogen and oxygen atoms in total. The van der Waals surface area contributed by atoms with Crippen LogP contribution in [0.15, 0.2) is 47.1 Å². The third kappa shape index (κ3) is 4.65. The summed E-state index contributed by atoms with van der Waals surface area (Å²) in [5.41, 5.74) is 3.80. The molecular weight excluding hydrogens is 375 g/mol. The van der Waals surface area contributed by atoms with Crippen LogP contribution in [0, 0.1) is 12.7 Å². The Hall–Kier alpha value is -3.13. The van der Waals surface area contributed by atoms with Crippen LogP contribution in [0.4, 0.5) is 4.39 Å². The van der Waals surface area contributed by atoms with Crippen LogP contribution in [0.3, 0.4) is 0 Å². The smallest absolute Gasteiger partial charge is 0.228 e. The predicted octanol–water partition coefficient (Wildman–Crippen LogP) is 2.65. The number of carbonyl (C=O) groups is 1. The standard InChI is InChI=1S/C21H21FN4O3/c1-14-19(25-29-24-14)12-21(27)26-9-10-28-20(13-26)18-4-2-3-17(23-18)11-15-5-7-16(22)8-6-15/h2-8,20H,9-13H2,1H3/t20-/m1/s1. The lowest BCUT2D eigenvalue weighted by molar-refractivity contribution is -0.138. The highest BCUT2D eigenvalue weighted by molar-refractivity contribution is 5.78. The zero-order valence-electron chi connectivity index (χ0n) is 16.0. The van der Waals surface area contributed by atoms with E-state index >= 15 is 0 Å². The topological polar surface area (TPSA) is 81.4 Å². The Morgan fingerprint density at radius 3 is 2.79 bits per heavy atom. The van der Waals surface area contributed by atoms with Gasteiger partial charge in [-0.1, -0.05) is 28.5 Å². The van der Waals surface area contributed by atoms with Gasteiger partial charge in [0.25, 0.3) is 0 Å². The minimum Gasteiger partial charge on any atom is -0.368 e. The van der Waals surface area contributed by atoms with E-state index in [1.807, 2.05) is 18.2 Å². The second-order valence-corrected chi connectivity index (χ2v) is 7.03. The van der Waals surface area contributed by atoms with Crippen molar-refractivity contribution in [1.29, 1.82) is 0 Å². The maximum absolute atomic E-state index is 13.1. The first kappa shape index (κ1) is 19.2. The van der Waals surface area contributed by atoms with E-state index in [2.05, 4.69) is 14.9 Å². The lowest BCUT2D eigenvalue weighted by Crippen LogP contribution is -2.43. The van der Waals surface area contributed by atoms with Gasteiger partial charge in [0.15, 0.2) is 0 Å². The number of aromatic nitrogens is 3. The van der Waals surface area contributed by atoms with E-state index < -0.39 is 0 Å². The fraction of sp³-hybridized carbons (Fsp3) is 0.333. The lowest BCUT2D eigenvalue weighted by Gasteiger charge is -2.32. The number of hydrogen-bond acceptors (Lipinski definition) is 6. The summed E-state index contributed by atoms with van der Waals surface area (Å²) in [4.78, 5) is 19.1. The van der Waals surface area contributed by atoms with Gasteiger partial charge in [0.2, 0.25) is 5.91 Å². The normalized spacial score (nSPS) is 16.8. The summed E-state index contributed by atoms with van der Waals surface area (Å²) in [7, 11) is 0. The molecule has 1 atom stereocenters.